The number of ketones is 1. The zero-order valence-corrected chi connectivity index (χ0v) is 9.09. The van der Waals surface area contributed by atoms with Gasteiger partial charge in [0.2, 0.25) is 0 Å². The van der Waals surface area contributed by atoms with Gasteiger partial charge >= 0.3 is 0 Å². The Labute approximate surface area is 92.2 Å². The lowest BCUT2D eigenvalue weighted by molar-refractivity contribution is -0.148. The number of halogens is 2. The van der Waals surface area contributed by atoms with E-state index < -0.39 is 28.9 Å². The van der Waals surface area contributed by atoms with Crippen molar-refractivity contribution in [3.8, 4) is 5.75 Å². The average molecular weight is 226 g/mol. The number of para-hydroxylation sites is 1. The van der Waals surface area contributed by atoms with Gasteiger partial charge in [0.15, 0.2) is 17.4 Å². The van der Waals surface area contributed by atoms with E-state index in [0.29, 0.717) is 0 Å². The number of carbonyl (C=O) groups is 1. The lowest BCUT2D eigenvalue weighted by Gasteiger charge is -2.41. The van der Waals surface area contributed by atoms with Gasteiger partial charge in [-0.2, -0.15) is 0 Å². The second-order valence-corrected chi connectivity index (χ2v) is 4.51. The van der Waals surface area contributed by atoms with Crippen LogP contribution < -0.4 is 4.74 Å². The van der Waals surface area contributed by atoms with Crippen LogP contribution in [0.1, 0.15) is 20.3 Å². The summed E-state index contributed by atoms with van der Waals surface area (Å²) in [6.45, 7) is 3.42. The molecule has 1 aliphatic rings. The summed E-state index contributed by atoms with van der Waals surface area (Å²) in [6.07, 6.45) is -0.243. The van der Waals surface area contributed by atoms with E-state index in [0.717, 1.165) is 12.1 Å². The van der Waals surface area contributed by atoms with Crippen molar-refractivity contribution in [2.24, 2.45) is 5.41 Å². The smallest absolute Gasteiger partial charge is 0.191 e. The van der Waals surface area contributed by atoms with Crippen molar-refractivity contribution in [1.82, 2.24) is 0 Å². The van der Waals surface area contributed by atoms with Crippen molar-refractivity contribution in [2.75, 3.05) is 0 Å². The van der Waals surface area contributed by atoms with Gasteiger partial charge in [0.25, 0.3) is 0 Å². The highest BCUT2D eigenvalue weighted by molar-refractivity contribution is 5.91. The molecule has 0 amide bonds. The molecule has 86 valence electrons. The summed E-state index contributed by atoms with van der Waals surface area (Å²) in [7, 11) is 0. The van der Waals surface area contributed by atoms with Crippen LogP contribution in [0.4, 0.5) is 8.78 Å². The van der Waals surface area contributed by atoms with Crippen molar-refractivity contribution in [1.29, 1.82) is 0 Å². The van der Waals surface area contributed by atoms with Crippen molar-refractivity contribution in [3.63, 3.8) is 0 Å². The molecule has 0 aliphatic heterocycles. The largest absolute Gasteiger partial charge is 0.483 e. The van der Waals surface area contributed by atoms with Gasteiger partial charge in [-0.05, 0) is 26.0 Å². The average Bonchev–Trinajstić information content (AvgIpc) is 2.22. The third-order valence-electron chi connectivity index (χ3n) is 3.07. The molecule has 0 radical (unpaired) electrons. The molecule has 0 aromatic heterocycles. The Balaban J connectivity index is 2.20. The van der Waals surface area contributed by atoms with E-state index in [4.69, 9.17) is 4.74 Å². The summed E-state index contributed by atoms with van der Waals surface area (Å²) < 4.78 is 31.8. The Hall–Kier alpha value is -1.45. The van der Waals surface area contributed by atoms with Crippen molar-refractivity contribution >= 4 is 5.78 Å². The van der Waals surface area contributed by atoms with Gasteiger partial charge in [0.05, 0.1) is 5.41 Å². The molecule has 1 saturated carbocycles. The highest BCUT2D eigenvalue weighted by Crippen LogP contribution is 2.40. The molecule has 0 N–H and O–H groups in total. The predicted octanol–water partition coefficient (Wildman–Crippen LogP) is 2.71. The highest BCUT2D eigenvalue weighted by atomic mass is 19.1. The third-order valence-corrected chi connectivity index (χ3v) is 3.07. The highest BCUT2D eigenvalue weighted by Gasteiger charge is 2.49. The van der Waals surface area contributed by atoms with E-state index in [1.165, 1.54) is 6.07 Å². The van der Waals surface area contributed by atoms with Gasteiger partial charge in [-0.15, -0.1) is 0 Å². The molecule has 1 aromatic rings. The first-order valence-corrected chi connectivity index (χ1v) is 5.07. The second-order valence-electron chi connectivity index (χ2n) is 4.51. The maximum absolute atomic E-state index is 13.3. The molecular formula is C12H12F2O2. The maximum atomic E-state index is 13.3. The molecule has 1 atom stereocenters. The fraction of sp³-hybridized carbons (Fsp3) is 0.417. The van der Waals surface area contributed by atoms with Crippen LogP contribution in [-0.2, 0) is 4.79 Å². The van der Waals surface area contributed by atoms with Gasteiger partial charge in [-0.1, -0.05) is 6.07 Å². The van der Waals surface area contributed by atoms with E-state index in [2.05, 4.69) is 0 Å². The Bertz CT molecular complexity index is 420. The summed E-state index contributed by atoms with van der Waals surface area (Å²) in [5.74, 6) is -1.83. The SMILES string of the molecule is CC1(C)C(=O)CC1Oc1c(F)cccc1F. The number of hydrogen-bond acceptors (Lipinski definition) is 2. The maximum Gasteiger partial charge on any atom is 0.191 e. The minimum Gasteiger partial charge on any atom is -0.483 e. The third kappa shape index (κ3) is 1.58. The Morgan fingerprint density at radius 3 is 2.31 bits per heavy atom. The Kier molecular flexibility index (Phi) is 2.45. The van der Waals surface area contributed by atoms with E-state index >= 15 is 0 Å². The zero-order chi connectivity index (χ0) is 11.9. The van der Waals surface area contributed by atoms with Crippen LogP contribution in [0, 0.1) is 17.0 Å². The quantitative estimate of drug-likeness (QED) is 0.775. The lowest BCUT2D eigenvalue weighted by Crippen LogP contribution is -2.53. The molecule has 0 spiro atoms. The number of rotatable bonds is 2. The molecule has 1 aromatic carbocycles. The van der Waals surface area contributed by atoms with Gasteiger partial charge in [0.1, 0.15) is 11.9 Å². The minimum absolute atomic E-state index is 0.0502. The molecule has 16 heavy (non-hydrogen) atoms. The lowest BCUT2D eigenvalue weighted by atomic mass is 9.68. The summed E-state index contributed by atoms with van der Waals surface area (Å²) in [4.78, 5) is 11.3. The minimum atomic E-state index is -0.741. The van der Waals surface area contributed by atoms with Crippen molar-refractivity contribution in [2.45, 2.75) is 26.4 Å². The van der Waals surface area contributed by atoms with E-state index in [1.807, 2.05) is 0 Å². The number of hydrogen-bond donors (Lipinski definition) is 0. The molecule has 2 nitrogen and oxygen atoms in total. The molecule has 2 rings (SSSR count). The van der Waals surface area contributed by atoms with Crippen LogP contribution >= 0.6 is 0 Å². The van der Waals surface area contributed by atoms with Crippen LogP contribution in [0.5, 0.6) is 5.75 Å². The molecule has 1 aliphatic carbocycles. The van der Waals surface area contributed by atoms with E-state index in [9.17, 15) is 13.6 Å². The normalized spacial score (nSPS) is 22.8. The van der Waals surface area contributed by atoms with Gasteiger partial charge in [-0.25, -0.2) is 8.78 Å². The summed E-state index contributed by atoms with van der Waals surface area (Å²) in [6, 6.07) is 3.53. The fourth-order valence-corrected chi connectivity index (χ4v) is 1.66. The summed E-state index contributed by atoms with van der Waals surface area (Å²) in [5, 5.41) is 0. The zero-order valence-electron chi connectivity index (χ0n) is 9.09. The second kappa shape index (κ2) is 3.54. The van der Waals surface area contributed by atoms with E-state index in [-0.39, 0.29) is 12.2 Å². The van der Waals surface area contributed by atoms with Gasteiger partial charge in [0, 0.05) is 6.42 Å². The summed E-state index contributed by atoms with van der Waals surface area (Å²) >= 11 is 0. The number of ether oxygens (including phenoxy) is 1. The standard InChI is InChI=1S/C12H12F2O2/c1-12(2)9(15)6-10(12)16-11-7(13)4-3-5-8(11)14/h3-5,10H,6H2,1-2H3. The first-order chi connectivity index (χ1) is 7.43. The fourth-order valence-electron chi connectivity index (χ4n) is 1.66. The molecule has 1 unspecified atom stereocenters. The first kappa shape index (κ1) is 11.0. The van der Waals surface area contributed by atoms with Crippen LogP contribution in [0.2, 0.25) is 0 Å². The number of Topliss-reactive ketones (excluding diaryl/α,β-unsaturated/α-hetero) is 1. The van der Waals surface area contributed by atoms with E-state index in [1.54, 1.807) is 13.8 Å². The molecule has 4 heteroatoms. The molecule has 0 saturated heterocycles. The molecule has 0 heterocycles. The van der Waals surface area contributed by atoms with Gasteiger partial charge < -0.3 is 4.74 Å². The number of carbonyl (C=O) groups excluding carboxylic acids is 1. The first-order valence-electron chi connectivity index (χ1n) is 5.07. The Morgan fingerprint density at radius 2 is 1.88 bits per heavy atom. The Morgan fingerprint density at radius 1 is 1.31 bits per heavy atom. The summed E-state index contributed by atoms with van der Waals surface area (Å²) in [5.41, 5.74) is -0.658. The predicted molar refractivity (Wildman–Crippen MR) is 54.2 cm³/mol. The van der Waals surface area contributed by atoms with Gasteiger partial charge in [-0.3, -0.25) is 4.79 Å². The monoisotopic (exact) mass is 226 g/mol. The van der Waals surface area contributed by atoms with Crippen molar-refractivity contribution in [3.05, 3.63) is 29.8 Å². The van der Waals surface area contributed by atoms with Crippen molar-refractivity contribution < 1.29 is 18.3 Å². The van der Waals surface area contributed by atoms with Crippen LogP contribution in [0.3, 0.4) is 0 Å². The topological polar surface area (TPSA) is 26.3 Å². The molecule has 0 bridgehead atoms. The van der Waals surface area contributed by atoms with Crippen LogP contribution in [0.25, 0.3) is 0 Å². The molecular weight excluding hydrogens is 214 g/mol. The molecule has 1 fully saturated rings. The number of benzene rings is 1. The van der Waals surface area contributed by atoms with Crippen LogP contribution in [0.15, 0.2) is 18.2 Å². The van der Waals surface area contributed by atoms with Crippen LogP contribution in [-0.4, -0.2) is 11.9 Å².